The fraction of sp³-hybridized carbons (Fsp3) is 0.385. The molecule has 0 spiro atoms. The van der Waals surface area contributed by atoms with Crippen molar-refractivity contribution in [2.75, 3.05) is 19.0 Å². The molecule has 1 unspecified atom stereocenters. The molecule has 3 N–H and O–H groups in total. The molecule has 1 aromatic carbocycles. The zero-order chi connectivity index (χ0) is 15.1. The Morgan fingerprint density at radius 3 is 2.75 bits per heavy atom. The van der Waals surface area contributed by atoms with Gasteiger partial charge in [0.2, 0.25) is 0 Å². The maximum atomic E-state index is 11.7. The first kappa shape index (κ1) is 16.5. The largest absolute Gasteiger partial charge is 0.481 e. The van der Waals surface area contributed by atoms with Crippen LogP contribution in [0.5, 0.6) is 0 Å². The van der Waals surface area contributed by atoms with Gasteiger partial charge in [-0.05, 0) is 40.5 Å². The number of ether oxygens (including phenoxy) is 1. The van der Waals surface area contributed by atoms with Crippen LogP contribution in [-0.2, 0) is 9.53 Å². The summed E-state index contributed by atoms with van der Waals surface area (Å²) in [5, 5.41) is 13.9. The predicted octanol–water partition coefficient (Wildman–Crippen LogP) is 2.37. The van der Waals surface area contributed by atoms with Gasteiger partial charge in [0.15, 0.2) is 0 Å². The number of benzene rings is 1. The van der Waals surface area contributed by atoms with Gasteiger partial charge in [-0.1, -0.05) is 6.07 Å². The minimum Gasteiger partial charge on any atom is -0.481 e. The van der Waals surface area contributed by atoms with Crippen LogP contribution in [0.3, 0.4) is 0 Å². The summed E-state index contributed by atoms with van der Waals surface area (Å²) in [6, 6.07) is 5.17. The van der Waals surface area contributed by atoms with Crippen molar-refractivity contribution in [2.24, 2.45) is 0 Å². The smallest absolute Gasteiger partial charge is 0.319 e. The number of hydrogen-bond acceptors (Lipinski definition) is 3. The molecule has 7 heteroatoms. The van der Waals surface area contributed by atoms with Crippen molar-refractivity contribution in [3.63, 3.8) is 0 Å². The highest BCUT2D eigenvalue weighted by molar-refractivity contribution is 9.10. The lowest BCUT2D eigenvalue weighted by Gasteiger charge is -2.15. The summed E-state index contributed by atoms with van der Waals surface area (Å²) in [7, 11) is 1.41. The number of carbonyl (C=O) groups is 2. The Morgan fingerprint density at radius 1 is 1.45 bits per heavy atom. The predicted molar refractivity (Wildman–Crippen MR) is 79.0 cm³/mol. The molecule has 6 nitrogen and oxygen atoms in total. The molecule has 1 atom stereocenters. The number of carboxylic acids is 1. The normalized spacial score (nSPS) is 11.8. The molecule has 110 valence electrons. The Balaban J connectivity index is 2.51. The molecule has 0 heterocycles. The third-order valence-electron chi connectivity index (χ3n) is 2.60. The van der Waals surface area contributed by atoms with Crippen LogP contribution in [0.25, 0.3) is 0 Å². The summed E-state index contributed by atoms with van der Waals surface area (Å²) in [6.07, 6.45) is -0.718. The number of amides is 2. The average molecular weight is 345 g/mol. The summed E-state index contributed by atoms with van der Waals surface area (Å²) < 4.78 is 5.74. The topological polar surface area (TPSA) is 87.7 Å². The van der Waals surface area contributed by atoms with Crippen LogP contribution in [0.4, 0.5) is 10.5 Å². The first-order valence-electron chi connectivity index (χ1n) is 5.98. The third-order valence-corrected chi connectivity index (χ3v) is 3.29. The molecule has 1 rings (SSSR count). The Bertz CT molecular complexity index is 493. The van der Waals surface area contributed by atoms with Crippen molar-refractivity contribution in [3.8, 4) is 0 Å². The highest BCUT2D eigenvalue weighted by Gasteiger charge is 2.14. The number of aliphatic carboxylic acids is 1. The Hall–Kier alpha value is -1.60. The maximum Gasteiger partial charge on any atom is 0.319 e. The van der Waals surface area contributed by atoms with Gasteiger partial charge in [-0.15, -0.1) is 0 Å². The Kier molecular flexibility index (Phi) is 6.47. The van der Waals surface area contributed by atoms with E-state index in [1.165, 1.54) is 7.11 Å². The Morgan fingerprint density at radius 2 is 2.15 bits per heavy atom. The van der Waals surface area contributed by atoms with Gasteiger partial charge in [0, 0.05) is 18.1 Å². The van der Waals surface area contributed by atoms with Gasteiger partial charge in [0.05, 0.1) is 18.2 Å². The van der Waals surface area contributed by atoms with E-state index in [-0.39, 0.29) is 13.0 Å². The first-order chi connectivity index (χ1) is 9.42. The molecule has 0 aliphatic heterocycles. The number of carboxylic acid groups (broad SMARTS) is 1. The average Bonchev–Trinajstić information content (AvgIpc) is 2.38. The van der Waals surface area contributed by atoms with Crippen molar-refractivity contribution in [1.82, 2.24) is 5.32 Å². The molecule has 20 heavy (non-hydrogen) atoms. The number of halogens is 1. The van der Waals surface area contributed by atoms with Gasteiger partial charge < -0.3 is 20.5 Å². The number of rotatable bonds is 6. The molecule has 0 aromatic heterocycles. The van der Waals surface area contributed by atoms with Crippen molar-refractivity contribution >= 4 is 33.6 Å². The van der Waals surface area contributed by atoms with Crippen molar-refractivity contribution < 1.29 is 19.4 Å². The highest BCUT2D eigenvalue weighted by Crippen LogP contribution is 2.23. The van der Waals surface area contributed by atoms with Crippen molar-refractivity contribution in [2.45, 2.75) is 19.4 Å². The Labute approximate surface area is 125 Å². The fourth-order valence-electron chi connectivity index (χ4n) is 1.54. The van der Waals surface area contributed by atoms with E-state index in [9.17, 15) is 9.59 Å². The summed E-state index contributed by atoms with van der Waals surface area (Å²) in [4.78, 5) is 22.3. The second-order valence-electron chi connectivity index (χ2n) is 4.27. The van der Waals surface area contributed by atoms with Gasteiger partial charge in [-0.2, -0.15) is 0 Å². The van der Waals surface area contributed by atoms with Crippen LogP contribution in [0.15, 0.2) is 22.7 Å². The van der Waals surface area contributed by atoms with Crippen molar-refractivity contribution in [3.05, 3.63) is 28.2 Å². The number of anilines is 1. The van der Waals surface area contributed by atoms with Gasteiger partial charge in [-0.25, -0.2) is 4.79 Å². The minimum absolute atomic E-state index is 0.123. The monoisotopic (exact) mass is 344 g/mol. The van der Waals surface area contributed by atoms with Gasteiger partial charge >= 0.3 is 12.0 Å². The van der Waals surface area contributed by atoms with Crippen LogP contribution in [0.1, 0.15) is 12.0 Å². The third kappa shape index (κ3) is 5.58. The molecule has 2 amide bonds. The molecule has 0 fully saturated rings. The summed E-state index contributed by atoms with van der Waals surface area (Å²) in [5.74, 6) is -0.972. The second-order valence-corrected chi connectivity index (χ2v) is 5.13. The maximum absolute atomic E-state index is 11.7. The summed E-state index contributed by atoms with van der Waals surface area (Å²) in [6.45, 7) is 2.04. The molecular weight excluding hydrogens is 328 g/mol. The fourth-order valence-corrected chi connectivity index (χ4v) is 1.89. The number of nitrogens with one attached hydrogen (secondary N) is 2. The lowest BCUT2D eigenvalue weighted by Crippen LogP contribution is -2.37. The molecule has 0 aliphatic rings. The number of aryl methyl sites for hydroxylation is 1. The number of urea groups is 1. The number of carbonyl (C=O) groups excluding carboxylic acids is 1. The molecule has 0 bridgehead atoms. The zero-order valence-corrected chi connectivity index (χ0v) is 12.9. The summed E-state index contributed by atoms with van der Waals surface area (Å²) >= 11 is 3.34. The van der Waals surface area contributed by atoms with E-state index >= 15 is 0 Å². The molecule has 1 aromatic rings. The van der Waals surface area contributed by atoms with E-state index in [1.807, 2.05) is 25.1 Å². The van der Waals surface area contributed by atoms with E-state index in [4.69, 9.17) is 9.84 Å². The molecule has 0 radical (unpaired) electrons. The quantitative estimate of drug-likeness (QED) is 0.739. The van der Waals surface area contributed by atoms with Crippen LogP contribution in [-0.4, -0.2) is 36.9 Å². The van der Waals surface area contributed by atoms with E-state index in [2.05, 4.69) is 26.6 Å². The van der Waals surface area contributed by atoms with E-state index in [0.29, 0.717) is 5.69 Å². The first-order valence-corrected chi connectivity index (χ1v) is 6.77. The highest BCUT2D eigenvalue weighted by atomic mass is 79.9. The zero-order valence-electron chi connectivity index (χ0n) is 11.3. The van der Waals surface area contributed by atoms with Crippen LogP contribution >= 0.6 is 15.9 Å². The molecule has 0 aliphatic carbocycles. The van der Waals surface area contributed by atoms with Crippen molar-refractivity contribution in [1.29, 1.82) is 0 Å². The minimum atomic E-state index is -0.972. The molecule has 0 saturated carbocycles. The van der Waals surface area contributed by atoms with Crippen LogP contribution in [0, 0.1) is 6.92 Å². The second kappa shape index (κ2) is 7.86. The van der Waals surface area contributed by atoms with Gasteiger partial charge in [-0.3, -0.25) is 4.79 Å². The summed E-state index contributed by atoms with van der Waals surface area (Å²) in [5.41, 5.74) is 1.67. The van der Waals surface area contributed by atoms with Gasteiger partial charge in [0.1, 0.15) is 0 Å². The van der Waals surface area contributed by atoms with Crippen LogP contribution in [0.2, 0.25) is 0 Å². The lowest BCUT2D eigenvalue weighted by molar-refractivity contribution is -0.139. The lowest BCUT2D eigenvalue weighted by atomic mass is 10.2. The number of methoxy groups -OCH3 is 1. The number of hydrogen-bond donors (Lipinski definition) is 3. The van der Waals surface area contributed by atoms with Crippen LogP contribution < -0.4 is 10.6 Å². The SMILES string of the molecule is COC(CNC(=O)Nc1cc(C)ccc1Br)CC(=O)O. The van der Waals surface area contributed by atoms with E-state index in [0.717, 1.165) is 10.0 Å². The standard InChI is InChI=1S/C13H17BrN2O4/c1-8-3-4-10(14)11(5-8)16-13(19)15-7-9(20-2)6-12(17)18/h3-5,9H,6-7H2,1-2H3,(H,17,18)(H2,15,16,19). The molecule has 0 saturated heterocycles. The van der Waals surface area contributed by atoms with E-state index < -0.39 is 18.1 Å². The van der Waals surface area contributed by atoms with Gasteiger partial charge in [0.25, 0.3) is 0 Å². The molecular formula is C13H17BrN2O4. The van der Waals surface area contributed by atoms with E-state index in [1.54, 1.807) is 0 Å².